The Morgan fingerprint density at radius 1 is 1.50 bits per heavy atom. The van der Waals surface area contributed by atoms with Gasteiger partial charge in [-0.15, -0.1) is 0 Å². The van der Waals surface area contributed by atoms with Gasteiger partial charge in [-0.1, -0.05) is 28.1 Å². The number of aryl methyl sites for hydroxylation is 1. The quantitative estimate of drug-likeness (QED) is 0.916. The van der Waals surface area contributed by atoms with Crippen LogP contribution >= 0.6 is 15.9 Å². The SMILES string of the molecule is Cc1[nH]ncc1C(=O)NC(C)c1cccc(Br)c1. The second-order valence-electron chi connectivity index (χ2n) is 4.16. The fraction of sp³-hybridized carbons (Fsp3) is 0.231. The van der Waals surface area contributed by atoms with Crippen LogP contribution in [0.15, 0.2) is 34.9 Å². The van der Waals surface area contributed by atoms with Gasteiger partial charge >= 0.3 is 0 Å². The molecule has 0 saturated heterocycles. The van der Waals surface area contributed by atoms with Crippen LogP contribution in [-0.4, -0.2) is 16.1 Å². The molecule has 2 aromatic rings. The average molecular weight is 308 g/mol. The van der Waals surface area contributed by atoms with E-state index >= 15 is 0 Å². The van der Waals surface area contributed by atoms with Crippen LogP contribution in [0.25, 0.3) is 0 Å². The van der Waals surface area contributed by atoms with Gasteiger partial charge in [0.05, 0.1) is 17.8 Å². The maximum absolute atomic E-state index is 12.0. The maximum atomic E-state index is 12.0. The van der Waals surface area contributed by atoms with Gasteiger partial charge in [0.25, 0.3) is 5.91 Å². The molecule has 1 aromatic heterocycles. The zero-order chi connectivity index (χ0) is 13.1. The average Bonchev–Trinajstić information content (AvgIpc) is 2.75. The molecule has 1 atom stereocenters. The Morgan fingerprint density at radius 2 is 2.28 bits per heavy atom. The summed E-state index contributed by atoms with van der Waals surface area (Å²) in [5.41, 5.74) is 2.41. The minimum Gasteiger partial charge on any atom is -0.345 e. The van der Waals surface area contributed by atoms with E-state index < -0.39 is 0 Å². The Kier molecular flexibility index (Phi) is 3.81. The molecule has 0 aliphatic carbocycles. The van der Waals surface area contributed by atoms with Gasteiger partial charge in [-0.05, 0) is 31.5 Å². The Hall–Kier alpha value is -1.62. The second kappa shape index (κ2) is 5.35. The van der Waals surface area contributed by atoms with Crippen molar-refractivity contribution in [1.82, 2.24) is 15.5 Å². The van der Waals surface area contributed by atoms with Crippen molar-refractivity contribution in [3.8, 4) is 0 Å². The summed E-state index contributed by atoms with van der Waals surface area (Å²) in [5, 5.41) is 9.54. The third-order valence-corrected chi connectivity index (χ3v) is 3.26. The Labute approximate surface area is 114 Å². The van der Waals surface area contributed by atoms with E-state index in [-0.39, 0.29) is 11.9 Å². The van der Waals surface area contributed by atoms with E-state index in [0.29, 0.717) is 5.56 Å². The molecule has 2 N–H and O–H groups in total. The highest BCUT2D eigenvalue weighted by Gasteiger charge is 2.14. The van der Waals surface area contributed by atoms with Crippen LogP contribution in [0.4, 0.5) is 0 Å². The lowest BCUT2D eigenvalue weighted by atomic mass is 10.1. The van der Waals surface area contributed by atoms with Gasteiger partial charge in [-0.25, -0.2) is 0 Å². The number of amides is 1. The number of rotatable bonds is 3. The molecule has 1 unspecified atom stereocenters. The molecular formula is C13H14BrN3O. The largest absolute Gasteiger partial charge is 0.345 e. The molecule has 5 heteroatoms. The zero-order valence-electron chi connectivity index (χ0n) is 10.2. The molecule has 0 aliphatic rings. The standard InChI is InChI=1S/C13H14BrN3O/c1-8(10-4-3-5-11(14)6-10)16-13(18)12-7-15-17-9(12)2/h3-8H,1-2H3,(H,15,17)(H,16,18). The molecule has 0 aliphatic heterocycles. The third kappa shape index (κ3) is 2.79. The number of aromatic amines is 1. The number of nitrogens with one attached hydrogen (secondary N) is 2. The smallest absolute Gasteiger partial charge is 0.255 e. The lowest BCUT2D eigenvalue weighted by Gasteiger charge is -2.14. The van der Waals surface area contributed by atoms with Gasteiger partial charge in [0.1, 0.15) is 0 Å². The lowest BCUT2D eigenvalue weighted by Crippen LogP contribution is -2.26. The van der Waals surface area contributed by atoms with Crippen molar-refractivity contribution in [3.63, 3.8) is 0 Å². The number of aromatic nitrogens is 2. The molecule has 4 nitrogen and oxygen atoms in total. The first kappa shape index (κ1) is 12.8. The van der Waals surface area contributed by atoms with Crippen LogP contribution in [0.3, 0.4) is 0 Å². The number of hydrogen-bond donors (Lipinski definition) is 2. The summed E-state index contributed by atoms with van der Waals surface area (Å²) in [5.74, 6) is -0.117. The Morgan fingerprint density at radius 3 is 2.89 bits per heavy atom. The van der Waals surface area contributed by atoms with Crippen molar-refractivity contribution < 1.29 is 4.79 Å². The van der Waals surface area contributed by atoms with Crippen LogP contribution in [0, 0.1) is 6.92 Å². The summed E-state index contributed by atoms with van der Waals surface area (Å²) in [4.78, 5) is 12.0. The monoisotopic (exact) mass is 307 g/mol. The van der Waals surface area contributed by atoms with Crippen LogP contribution in [0.5, 0.6) is 0 Å². The summed E-state index contributed by atoms with van der Waals surface area (Å²) in [7, 11) is 0. The van der Waals surface area contributed by atoms with Crippen molar-refractivity contribution in [2.24, 2.45) is 0 Å². The highest BCUT2D eigenvalue weighted by atomic mass is 79.9. The normalized spacial score (nSPS) is 12.2. The Bertz CT molecular complexity index is 565. The zero-order valence-corrected chi connectivity index (χ0v) is 11.8. The predicted molar refractivity (Wildman–Crippen MR) is 73.3 cm³/mol. The van der Waals surface area contributed by atoms with Gasteiger partial charge in [-0.3, -0.25) is 9.89 Å². The van der Waals surface area contributed by atoms with Crippen molar-refractivity contribution in [3.05, 3.63) is 51.8 Å². The van der Waals surface area contributed by atoms with Crippen molar-refractivity contribution >= 4 is 21.8 Å². The van der Waals surface area contributed by atoms with Crippen molar-refractivity contribution in [2.75, 3.05) is 0 Å². The van der Waals surface area contributed by atoms with Gasteiger partial charge in [0.2, 0.25) is 0 Å². The molecule has 1 amide bonds. The Balaban J connectivity index is 2.10. The van der Waals surface area contributed by atoms with Crippen LogP contribution < -0.4 is 5.32 Å². The minimum absolute atomic E-state index is 0.0516. The number of halogens is 1. The summed E-state index contributed by atoms with van der Waals surface area (Å²) in [6.45, 7) is 3.78. The highest BCUT2D eigenvalue weighted by Crippen LogP contribution is 2.18. The van der Waals surface area contributed by atoms with E-state index in [4.69, 9.17) is 0 Å². The molecule has 1 aromatic carbocycles. The van der Waals surface area contributed by atoms with Gasteiger partial charge in [-0.2, -0.15) is 5.10 Å². The van der Waals surface area contributed by atoms with Crippen molar-refractivity contribution in [1.29, 1.82) is 0 Å². The molecule has 94 valence electrons. The molecule has 18 heavy (non-hydrogen) atoms. The predicted octanol–water partition coefficient (Wildman–Crippen LogP) is 2.97. The maximum Gasteiger partial charge on any atom is 0.255 e. The fourth-order valence-electron chi connectivity index (χ4n) is 1.71. The van der Waals surface area contributed by atoms with E-state index in [0.717, 1.165) is 15.7 Å². The number of H-pyrrole nitrogens is 1. The first-order valence-corrected chi connectivity index (χ1v) is 6.43. The number of nitrogens with zero attached hydrogens (tertiary/aromatic N) is 1. The molecule has 2 rings (SSSR count). The molecular weight excluding hydrogens is 294 g/mol. The first-order chi connectivity index (χ1) is 8.58. The number of hydrogen-bond acceptors (Lipinski definition) is 2. The lowest BCUT2D eigenvalue weighted by molar-refractivity contribution is 0.0939. The molecule has 0 fully saturated rings. The second-order valence-corrected chi connectivity index (χ2v) is 5.07. The molecule has 0 radical (unpaired) electrons. The summed E-state index contributed by atoms with van der Waals surface area (Å²) < 4.78 is 1.00. The number of benzene rings is 1. The first-order valence-electron chi connectivity index (χ1n) is 5.64. The third-order valence-electron chi connectivity index (χ3n) is 2.77. The van der Waals surface area contributed by atoms with Gasteiger partial charge < -0.3 is 5.32 Å². The molecule has 0 spiro atoms. The molecule has 1 heterocycles. The van der Waals surface area contributed by atoms with Crippen LogP contribution in [0.1, 0.15) is 34.6 Å². The van der Waals surface area contributed by atoms with E-state index in [1.165, 1.54) is 6.20 Å². The summed E-state index contributed by atoms with van der Waals surface area (Å²) in [6.07, 6.45) is 1.54. The van der Waals surface area contributed by atoms with Crippen LogP contribution in [-0.2, 0) is 0 Å². The number of carbonyl (C=O) groups excluding carboxylic acids is 1. The fourth-order valence-corrected chi connectivity index (χ4v) is 2.13. The van der Waals surface area contributed by atoms with E-state index in [1.54, 1.807) is 0 Å². The topological polar surface area (TPSA) is 57.8 Å². The summed E-state index contributed by atoms with van der Waals surface area (Å²) >= 11 is 3.42. The van der Waals surface area contributed by atoms with E-state index in [2.05, 4.69) is 31.4 Å². The van der Waals surface area contributed by atoms with E-state index in [1.807, 2.05) is 38.1 Å². The highest BCUT2D eigenvalue weighted by molar-refractivity contribution is 9.10. The molecule has 0 bridgehead atoms. The summed E-state index contributed by atoms with van der Waals surface area (Å²) in [6, 6.07) is 7.83. The van der Waals surface area contributed by atoms with Crippen LogP contribution in [0.2, 0.25) is 0 Å². The van der Waals surface area contributed by atoms with E-state index in [9.17, 15) is 4.79 Å². The van der Waals surface area contributed by atoms with Gasteiger partial charge in [0, 0.05) is 10.2 Å². The molecule has 0 saturated carbocycles. The van der Waals surface area contributed by atoms with Crippen molar-refractivity contribution in [2.45, 2.75) is 19.9 Å². The van der Waals surface area contributed by atoms with Gasteiger partial charge in [0.15, 0.2) is 0 Å². The number of carbonyl (C=O) groups is 1. The minimum atomic E-state index is -0.117.